The zero-order valence-electron chi connectivity index (χ0n) is 8.32. The Kier molecular flexibility index (Phi) is 2.52. The molecule has 0 spiro atoms. The summed E-state index contributed by atoms with van der Waals surface area (Å²) in [6.07, 6.45) is 6.16. The lowest BCUT2D eigenvalue weighted by atomic mass is 10.1. The summed E-state index contributed by atoms with van der Waals surface area (Å²) in [6.45, 7) is 3.88. The van der Waals surface area contributed by atoms with Crippen LogP contribution in [0.4, 0.5) is 5.82 Å². The van der Waals surface area contributed by atoms with Gasteiger partial charge in [-0.3, -0.25) is 0 Å². The van der Waals surface area contributed by atoms with E-state index in [9.17, 15) is 5.11 Å². The van der Waals surface area contributed by atoms with Gasteiger partial charge in [-0.25, -0.2) is 4.98 Å². The molecule has 14 heavy (non-hydrogen) atoms. The third-order valence-electron chi connectivity index (χ3n) is 2.64. The minimum Gasteiger partial charge on any atom is -0.493 e. The Morgan fingerprint density at radius 3 is 2.64 bits per heavy atom. The maximum Gasteiger partial charge on any atom is 0.219 e. The van der Waals surface area contributed by atoms with Crippen LogP contribution in [0, 0.1) is 13.3 Å². The zero-order valence-corrected chi connectivity index (χ0v) is 8.32. The molecule has 4 nitrogen and oxygen atoms in total. The molecule has 1 aliphatic rings. The van der Waals surface area contributed by atoms with Crippen LogP contribution < -0.4 is 4.90 Å². The molecule has 1 saturated heterocycles. The van der Waals surface area contributed by atoms with Crippen molar-refractivity contribution in [2.45, 2.75) is 26.2 Å². The van der Waals surface area contributed by atoms with Gasteiger partial charge in [-0.2, -0.15) is 4.98 Å². The van der Waals surface area contributed by atoms with Gasteiger partial charge in [0.15, 0.2) is 0 Å². The van der Waals surface area contributed by atoms with Crippen LogP contribution in [0.15, 0.2) is 0 Å². The number of aromatic hydroxyl groups is 1. The number of hydrogen-bond acceptors (Lipinski definition) is 4. The van der Waals surface area contributed by atoms with Crippen LogP contribution in [-0.2, 0) is 0 Å². The first-order valence-corrected chi connectivity index (χ1v) is 4.97. The Morgan fingerprint density at radius 2 is 1.93 bits per heavy atom. The lowest BCUT2D eigenvalue weighted by Crippen LogP contribution is -2.30. The molecule has 0 aliphatic carbocycles. The molecule has 0 saturated carbocycles. The maximum absolute atomic E-state index is 9.42. The third-order valence-corrected chi connectivity index (χ3v) is 2.64. The van der Waals surface area contributed by atoms with Gasteiger partial charge in [-0.15, -0.1) is 0 Å². The SMILES string of the molecule is Cc1c(O)n[c]nc1N1CCCCC1. The molecule has 4 heteroatoms. The van der Waals surface area contributed by atoms with Gasteiger partial charge in [0.05, 0.1) is 5.56 Å². The van der Waals surface area contributed by atoms with E-state index in [1.54, 1.807) is 0 Å². The molecular weight excluding hydrogens is 178 g/mol. The summed E-state index contributed by atoms with van der Waals surface area (Å²) in [5, 5.41) is 9.42. The molecule has 1 aliphatic heterocycles. The summed E-state index contributed by atoms with van der Waals surface area (Å²) in [4.78, 5) is 9.91. The maximum atomic E-state index is 9.42. The molecule has 1 N–H and O–H groups in total. The predicted octanol–water partition coefficient (Wildman–Crippen LogP) is 1.28. The fraction of sp³-hybridized carbons (Fsp3) is 0.600. The van der Waals surface area contributed by atoms with E-state index in [0.717, 1.165) is 24.5 Å². The van der Waals surface area contributed by atoms with Crippen molar-refractivity contribution < 1.29 is 5.11 Å². The number of aromatic nitrogens is 2. The van der Waals surface area contributed by atoms with Gasteiger partial charge in [-0.05, 0) is 26.2 Å². The van der Waals surface area contributed by atoms with Gasteiger partial charge in [0.1, 0.15) is 5.82 Å². The topological polar surface area (TPSA) is 49.3 Å². The highest BCUT2D eigenvalue weighted by molar-refractivity contribution is 5.49. The second-order valence-corrected chi connectivity index (χ2v) is 3.64. The van der Waals surface area contributed by atoms with E-state index >= 15 is 0 Å². The Bertz CT molecular complexity index is 321. The molecule has 75 valence electrons. The number of anilines is 1. The zero-order chi connectivity index (χ0) is 9.97. The van der Waals surface area contributed by atoms with Crippen molar-refractivity contribution in [3.63, 3.8) is 0 Å². The van der Waals surface area contributed by atoms with Gasteiger partial charge < -0.3 is 10.0 Å². The molecule has 1 fully saturated rings. The molecule has 1 aromatic rings. The van der Waals surface area contributed by atoms with Gasteiger partial charge in [0, 0.05) is 13.1 Å². The number of nitrogens with zero attached hydrogens (tertiary/aromatic N) is 3. The minimum absolute atomic E-state index is 0.0422. The van der Waals surface area contributed by atoms with Crippen LogP contribution in [0.25, 0.3) is 0 Å². The second kappa shape index (κ2) is 3.82. The van der Waals surface area contributed by atoms with Crippen molar-refractivity contribution in [3.05, 3.63) is 11.9 Å². The molecule has 0 aromatic carbocycles. The Morgan fingerprint density at radius 1 is 1.21 bits per heavy atom. The normalized spacial score (nSPS) is 17.1. The summed E-state index contributed by atoms with van der Waals surface area (Å²) >= 11 is 0. The first kappa shape index (κ1) is 9.24. The Balaban J connectivity index is 2.26. The van der Waals surface area contributed by atoms with E-state index in [0.29, 0.717) is 0 Å². The first-order valence-electron chi connectivity index (χ1n) is 4.97. The highest BCUT2D eigenvalue weighted by Crippen LogP contribution is 2.24. The van der Waals surface area contributed by atoms with Crippen LogP contribution in [0.5, 0.6) is 5.88 Å². The summed E-state index contributed by atoms with van der Waals surface area (Å²) in [5.74, 6) is 0.873. The van der Waals surface area contributed by atoms with E-state index in [4.69, 9.17) is 0 Å². The van der Waals surface area contributed by atoms with Crippen molar-refractivity contribution in [3.8, 4) is 5.88 Å². The quantitative estimate of drug-likeness (QED) is 0.728. The predicted molar refractivity (Wildman–Crippen MR) is 53.3 cm³/mol. The summed E-state index contributed by atoms with van der Waals surface area (Å²) in [5.41, 5.74) is 0.755. The van der Waals surface area contributed by atoms with E-state index < -0.39 is 0 Å². The molecule has 0 amide bonds. The smallest absolute Gasteiger partial charge is 0.219 e. The molecular formula is C10H14N3O. The molecule has 1 aromatic heterocycles. The van der Waals surface area contributed by atoms with Gasteiger partial charge in [-0.1, -0.05) is 0 Å². The van der Waals surface area contributed by atoms with E-state index in [1.165, 1.54) is 19.3 Å². The van der Waals surface area contributed by atoms with Crippen molar-refractivity contribution in [1.82, 2.24) is 9.97 Å². The molecule has 2 rings (SSSR count). The highest BCUT2D eigenvalue weighted by Gasteiger charge is 2.16. The Hall–Kier alpha value is -1.32. The van der Waals surface area contributed by atoms with E-state index in [-0.39, 0.29) is 5.88 Å². The van der Waals surface area contributed by atoms with Crippen LogP contribution in [0.1, 0.15) is 24.8 Å². The molecule has 1 radical (unpaired) electrons. The van der Waals surface area contributed by atoms with Crippen LogP contribution in [0.3, 0.4) is 0 Å². The summed E-state index contributed by atoms with van der Waals surface area (Å²) in [6, 6.07) is 0. The number of piperidine rings is 1. The fourth-order valence-corrected chi connectivity index (χ4v) is 1.80. The van der Waals surface area contributed by atoms with E-state index in [2.05, 4.69) is 21.2 Å². The standard InChI is InChI=1S/C10H14N3O/c1-8-9(11-7-12-10(8)14)13-5-3-2-4-6-13/h2-6H2,1H3,(H,11,12,14). The monoisotopic (exact) mass is 192 g/mol. The van der Waals surface area contributed by atoms with Crippen molar-refractivity contribution in [1.29, 1.82) is 0 Å². The van der Waals surface area contributed by atoms with Gasteiger partial charge in [0.25, 0.3) is 0 Å². The second-order valence-electron chi connectivity index (χ2n) is 3.64. The lowest BCUT2D eigenvalue weighted by Gasteiger charge is -2.28. The van der Waals surface area contributed by atoms with Crippen molar-refractivity contribution in [2.24, 2.45) is 0 Å². The van der Waals surface area contributed by atoms with E-state index in [1.807, 2.05) is 6.92 Å². The lowest BCUT2D eigenvalue weighted by molar-refractivity contribution is 0.445. The average Bonchev–Trinajstić information content (AvgIpc) is 2.23. The third kappa shape index (κ3) is 1.64. The molecule has 0 unspecified atom stereocenters. The molecule has 2 heterocycles. The fourth-order valence-electron chi connectivity index (χ4n) is 1.80. The van der Waals surface area contributed by atoms with Gasteiger partial charge in [0.2, 0.25) is 12.2 Å². The van der Waals surface area contributed by atoms with Crippen LogP contribution in [0.2, 0.25) is 0 Å². The summed E-state index contributed by atoms with van der Waals surface area (Å²) in [7, 11) is 0. The molecule has 0 atom stereocenters. The average molecular weight is 192 g/mol. The largest absolute Gasteiger partial charge is 0.493 e. The highest BCUT2D eigenvalue weighted by atomic mass is 16.3. The minimum atomic E-state index is 0.0422. The number of rotatable bonds is 1. The first-order chi connectivity index (χ1) is 6.79. The van der Waals surface area contributed by atoms with Gasteiger partial charge >= 0.3 is 0 Å². The van der Waals surface area contributed by atoms with Crippen molar-refractivity contribution >= 4 is 5.82 Å². The molecule has 0 bridgehead atoms. The van der Waals surface area contributed by atoms with Crippen LogP contribution in [-0.4, -0.2) is 28.2 Å². The number of hydrogen-bond donors (Lipinski definition) is 1. The summed E-state index contributed by atoms with van der Waals surface area (Å²) < 4.78 is 0. The van der Waals surface area contributed by atoms with Crippen molar-refractivity contribution in [2.75, 3.05) is 18.0 Å². The Labute approximate surface area is 83.6 Å². The van der Waals surface area contributed by atoms with Crippen LogP contribution >= 0.6 is 0 Å².